The van der Waals surface area contributed by atoms with E-state index in [1.165, 1.54) is 17.0 Å². The van der Waals surface area contributed by atoms with Gasteiger partial charge in [-0.3, -0.25) is 0 Å². The van der Waals surface area contributed by atoms with Crippen LogP contribution in [0.25, 0.3) is 11.0 Å². The van der Waals surface area contributed by atoms with E-state index in [2.05, 4.69) is 5.32 Å². The number of hydrogen-bond acceptors (Lipinski definition) is 3. The SMILES string of the molecule is CCN(CCO)C(=O)NC(C)c1oc2ccc(F)cc2c1C. The van der Waals surface area contributed by atoms with E-state index >= 15 is 0 Å². The van der Waals surface area contributed by atoms with E-state index in [1.54, 1.807) is 6.07 Å². The quantitative estimate of drug-likeness (QED) is 0.892. The fourth-order valence-corrected chi connectivity index (χ4v) is 2.49. The van der Waals surface area contributed by atoms with Crippen LogP contribution in [0, 0.1) is 12.7 Å². The van der Waals surface area contributed by atoms with Gasteiger partial charge in [-0.05, 0) is 39.0 Å². The molecule has 0 saturated carbocycles. The van der Waals surface area contributed by atoms with Crippen LogP contribution in [0.2, 0.25) is 0 Å². The van der Waals surface area contributed by atoms with Crippen molar-refractivity contribution in [3.8, 4) is 0 Å². The fourth-order valence-electron chi connectivity index (χ4n) is 2.49. The number of amides is 2. The van der Waals surface area contributed by atoms with Gasteiger partial charge in [0.05, 0.1) is 12.6 Å². The zero-order chi connectivity index (χ0) is 16.3. The molecule has 2 N–H and O–H groups in total. The Kier molecular flexibility index (Phi) is 5.03. The molecule has 120 valence electrons. The molecule has 6 heteroatoms. The number of nitrogens with one attached hydrogen (secondary N) is 1. The summed E-state index contributed by atoms with van der Waals surface area (Å²) in [6.45, 7) is 6.19. The zero-order valence-electron chi connectivity index (χ0n) is 13.0. The Labute approximate surface area is 128 Å². The Balaban J connectivity index is 2.21. The minimum atomic E-state index is -0.351. The van der Waals surface area contributed by atoms with Crippen LogP contribution >= 0.6 is 0 Å². The molecule has 1 unspecified atom stereocenters. The highest BCUT2D eigenvalue weighted by atomic mass is 19.1. The second kappa shape index (κ2) is 6.79. The van der Waals surface area contributed by atoms with Crippen molar-refractivity contribution in [2.45, 2.75) is 26.8 Å². The summed E-state index contributed by atoms with van der Waals surface area (Å²) < 4.78 is 19.1. The van der Waals surface area contributed by atoms with Crippen LogP contribution in [0.4, 0.5) is 9.18 Å². The lowest BCUT2D eigenvalue weighted by Crippen LogP contribution is -2.42. The molecule has 0 aliphatic heterocycles. The normalized spacial score (nSPS) is 12.4. The molecule has 2 aromatic rings. The summed E-state index contributed by atoms with van der Waals surface area (Å²) in [4.78, 5) is 13.6. The van der Waals surface area contributed by atoms with E-state index in [4.69, 9.17) is 9.52 Å². The molecule has 1 aromatic carbocycles. The smallest absolute Gasteiger partial charge is 0.318 e. The maximum atomic E-state index is 13.3. The number of likely N-dealkylation sites (N-methyl/N-ethyl adjacent to an activating group) is 1. The predicted molar refractivity (Wildman–Crippen MR) is 82.2 cm³/mol. The molecule has 22 heavy (non-hydrogen) atoms. The van der Waals surface area contributed by atoms with Gasteiger partial charge in [0.25, 0.3) is 0 Å². The van der Waals surface area contributed by atoms with Crippen molar-refractivity contribution in [3.63, 3.8) is 0 Å². The first-order valence-electron chi connectivity index (χ1n) is 7.32. The lowest BCUT2D eigenvalue weighted by atomic mass is 10.1. The van der Waals surface area contributed by atoms with E-state index < -0.39 is 0 Å². The van der Waals surface area contributed by atoms with Crippen LogP contribution < -0.4 is 5.32 Å². The molecule has 0 saturated heterocycles. The Morgan fingerprint density at radius 3 is 2.86 bits per heavy atom. The van der Waals surface area contributed by atoms with E-state index in [1.807, 2.05) is 20.8 Å². The minimum absolute atomic E-state index is 0.0847. The fraction of sp³-hybridized carbons (Fsp3) is 0.438. The number of aliphatic hydroxyl groups is 1. The van der Waals surface area contributed by atoms with Gasteiger partial charge in [0.15, 0.2) is 0 Å². The average Bonchev–Trinajstić information content (AvgIpc) is 2.81. The molecule has 1 aromatic heterocycles. The van der Waals surface area contributed by atoms with Gasteiger partial charge in [-0.2, -0.15) is 0 Å². The number of hydrogen-bond donors (Lipinski definition) is 2. The Morgan fingerprint density at radius 1 is 1.50 bits per heavy atom. The summed E-state index contributed by atoms with van der Waals surface area (Å²) in [6.07, 6.45) is 0. The summed E-state index contributed by atoms with van der Waals surface area (Å²) in [5.74, 6) is 0.286. The molecule has 0 fully saturated rings. The number of urea groups is 1. The zero-order valence-corrected chi connectivity index (χ0v) is 13.0. The second-order valence-corrected chi connectivity index (χ2v) is 5.21. The van der Waals surface area contributed by atoms with Crippen LogP contribution in [0.3, 0.4) is 0 Å². The van der Waals surface area contributed by atoms with Crippen molar-refractivity contribution in [2.75, 3.05) is 19.7 Å². The number of furan rings is 1. The van der Waals surface area contributed by atoms with Gasteiger partial charge < -0.3 is 19.7 Å². The number of halogens is 1. The average molecular weight is 308 g/mol. The lowest BCUT2D eigenvalue weighted by Gasteiger charge is -2.22. The number of carbonyl (C=O) groups is 1. The van der Waals surface area contributed by atoms with Gasteiger partial charge in [0.1, 0.15) is 17.2 Å². The van der Waals surface area contributed by atoms with Gasteiger partial charge in [-0.1, -0.05) is 0 Å². The minimum Gasteiger partial charge on any atom is -0.459 e. The summed E-state index contributed by atoms with van der Waals surface area (Å²) in [5.41, 5.74) is 1.41. The second-order valence-electron chi connectivity index (χ2n) is 5.21. The Morgan fingerprint density at radius 2 is 2.23 bits per heavy atom. The number of nitrogens with zero attached hydrogens (tertiary/aromatic N) is 1. The molecule has 2 amide bonds. The van der Waals surface area contributed by atoms with Crippen molar-refractivity contribution >= 4 is 17.0 Å². The molecule has 1 atom stereocenters. The number of benzene rings is 1. The standard InChI is InChI=1S/C16H21FN2O3/c1-4-19(7-8-20)16(21)18-11(3)15-10(2)13-9-12(17)5-6-14(13)22-15/h5-6,9,11,20H,4,7-8H2,1-3H3,(H,18,21). The highest BCUT2D eigenvalue weighted by Gasteiger charge is 2.20. The maximum Gasteiger partial charge on any atom is 0.318 e. The molecular weight excluding hydrogens is 287 g/mol. The van der Waals surface area contributed by atoms with E-state index in [0.717, 1.165) is 5.56 Å². The number of fused-ring (bicyclic) bond motifs is 1. The third kappa shape index (κ3) is 3.22. The van der Waals surface area contributed by atoms with Crippen LogP contribution in [0.15, 0.2) is 22.6 Å². The molecule has 2 rings (SSSR count). The first kappa shape index (κ1) is 16.3. The third-order valence-electron chi connectivity index (χ3n) is 3.71. The molecular formula is C16H21FN2O3. The molecule has 0 aliphatic carbocycles. The number of carbonyl (C=O) groups excluding carboxylic acids is 1. The van der Waals surface area contributed by atoms with Gasteiger partial charge >= 0.3 is 6.03 Å². The van der Waals surface area contributed by atoms with Crippen molar-refractivity contribution < 1.29 is 18.7 Å². The Hall–Kier alpha value is -2.08. The first-order valence-corrected chi connectivity index (χ1v) is 7.32. The summed E-state index contributed by atoms with van der Waals surface area (Å²) >= 11 is 0. The van der Waals surface area contributed by atoms with E-state index in [9.17, 15) is 9.18 Å². The lowest BCUT2D eigenvalue weighted by molar-refractivity contribution is 0.176. The molecule has 0 bridgehead atoms. The van der Waals surface area contributed by atoms with Gasteiger partial charge in [0, 0.05) is 24.0 Å². The summed E-state index contributed by atoms with van der Waals surface area (Å²) in [5, 5.41) is 12.5. The maximum absolute atomic E-state index is 13.3. The number of rotatable bonds is 5. The van der Waals surface area contributed by atoms with Crippen LogP contribution in [0.5, 0.6) is 0 Å². The van der Waals surface area contributed by atoms with E-state index in [-0.39, 0.29) is 31.0 Å². The van der Waals surface area contributed by atoms with Crippen molar-refractivity contribution in [3.05, 3.63) is 35.3 Å². The number of aryl methyl sites for hydroxylation is 1. The Bertz CT molecular complexity index is 669. The van der Waals surface area contributed by atoms with Crippen molar-refractivity contribution in [1.29, 1.82) is 0 Å². The van der Waals surface area contributed by atoms with Crippen molar-refractivity contribution in [1.82, 2.24) is 10.2 Å². The topological polar surface area (TPSA) is 65.7 Å². The summed E-state index contributed by atoms with van der Waals surface area (Å²) in [7, 11) is 0. The molecule has 0 aliphatic rings. The highest BCUT2D eigenvalue weighted by Crippen LogP contribution is 2.29. The van der Waals surface area contributed by atoms with Crippen LogP contribution in [-0.2, 0) is 0 Å². The van der Waals surface area contributed by atoms with Crippen LogP contribution in [0.1, 0.15) is 31.2 Å². The number of aliphatic hydroxyl groups excluding tert-OH is 1. The van der Waals surface area contributed by atoms with Crippen molar-refractivity contribution in [2.24, 2.45) is 0 Å². The molecule has 0 spiro atoms. The summed E-state index contributed by atoms with van der Waals surface area (Å²) in [6, 6.07) is 3.74. The van der Waals surface area contributed by atoms with Gasteiger partial charge in [-0.25, -0.2) is 9.18 Å². The van der Waals surface area contributed by atoms with Gasteiger partial charge in [-0.15, -0.1) is 0 Å². The largest absolute Gasteiger partial charge is 0.459 e. The predicted octanol–water partition coefficient (Wildman–Crippen LogP) is 2.97. The highest BCUT2D eigenvalue weighted by molar-refractivity contribution is 5.82. The van der Waals surface area contributed by atoms with Crippen LogP contribution in [-0.4, -0.2) is 35.7 Å². The van der Waals surface area contributed by atoms with Gasteiger partial charge in [0.2, 0.25) is 0 Å². The first-order chi connectivity index (χ1) is 10.5. The molecule has 5 nitrogen and oxygen atoms in total. The van der Waals surface area contributed by atoms with E-state index in [0.29, 0.717) is 23.3 Å². The monoisotopic (exact) mass is 308 g/mol. The molecule has 1 heterocycles. The molecule has 0 radical (unpaired) electrons. The third-order valence-corrected chi connectivity index (χ3v) is 3.71.